The van der Waals surface area contributed by atoms with Crippen LogP contribution in [0.2, 0.25) is 0 Å². The Morgan fingerprint density at radius 3 is 2.46 bits per heavy atom. The van der Waals surface area contributed by atoms with Crippen molar-refractivity contribution in [3.63, 3.8) is 0 Å². The molecule has 0 saturated carbocycles. The first-order valence-electron chi connectivity index (χ1n) is 5.46. The molecule has 0 N–H and O–H groups in total. The summed E-state index contributed by atoms with van der Waals surface area (Å²) >= 11 is 0. The van der Waals surface area contributed by atoms with E-state index in [2.05, 4.69) is 13.8 Å². The van der Waals surface area contributed by atoms with Crippen LogP contribution in [0.4, 0.5) is 0 Å². The molecule has 1 atom stereocenters. The normalized spacial score (nSPS) is 33.0. The molecule has 0 aromatic rings. The third-order valence-corrected chi connectivity index (χ3v) is 3.64. The van der Waals surface area contributed by atoms with Gasteiger partial charge in [0.05, 0.1) is 5.60 Å². The average molecular weight is 184 g/mol. The van der Waals surface area contributed by atoms with Gasteiger partial charge in [-0.1, -0.05) is 13.8 Å². The minimum atomic E-state index is 0.187. The highest BCUT2D eigenvalue weighted by atomic mass is 16.5. The van der Waals surface area contributed by atoms with E-state index < -0.39 is 0 Å². The van der Waals surface area contributed by atoms with Crippen LogP contribution in [0.5, 0.6) is 0 Å². The maximum atomic E-state index is 5.98. The summed E-state index contributed by atoms with van der Waals surface area (Å²) < 4.78 is 11.4. The molecule has 1 spiro atoms. The van der Waals surface area contributed by atoms with Crippen LogP contribution in [-0.4, -0.2) is 25.4 Å². The third-order valence-electron chi connectivity index (χ3n) is 3.64. The molecule has 2 nitrogen and oxygen atoms in total. The first-order valence-corrected chi connectivity index (χ1v) is 5.46. The molecule has 0 aromatic carbocycles. The summed E-state index contributed by atoms with van der Waals surface area (Å²) in [5.74, 6) is 1.51. The summed E-state index contributed by atoms with van der Waals surface area (Å²) in [6, 6.07) is 0. The molecule has 2 heterocycles. The molecular formula is C11H20O2. The Hall–Kier alpha value is -0.0800. The molecule has 76 valence electrons. The van der Waals surface area contributed by atoms with Gasteiger partial charge < -0.3 is 9.47 Å². The monoisotopic (exact) mass is 184 g/mol. The van der Waals surface area contributed by atoms with Gasteiger partial charge in [-0.05, 0) is 18.3 Å². The van der Waals surface area contributed by atoms with Gasteiger partial charge in [0.2, 0.25) is 0 Å². The van der Waals surface area contributed by atoms with Gasteiger partial charge in [-0.15, -0.1) is 0 Å². The molecule has 2 aliphatic heterocycles. The Morgan fingerprint density at radius 2 is 1.85 bits per heavy atom. The minimum Gasteiger partial charge on any atom is -0.381 e. The van der Waals surface area contributed by atoms with Crippen molar-refractivity contribution in [2.75, 3.05) is 19.8 Å². The van der Waals surface area contributed by atoms with E-state index in [1.165, 1.54) is 6.42 Å². The minimum absolute atomic E-state index is 0.187. The quantitative estimate of drug-likeness (QED) is 0.622. The van der Waals surface area contributed by atoms with E-state index in [-0.39, 0.29) is 5.60 Å². The smallest absolute Gasteiger partial charge is 0.0757 e. The zero-order chi connectivity index (χ0) is 9.31. The molecule has 0 amide bonds. The van der Waals surface area contributed by atoms with Crippen LogP contribution in [0.3, 0.4) is 0 Å². The summed E-state index contributed by atoms with van der Waals surface area (Å²) in [7, 11) is 0. The van der Waals surface area contributed by atoms with Crippen LogP contribution in [-0.2, 0) is 9.47 Å². The van der Waals surface area contributed by atoms with Crippen LogP contribution in [0.15, 0.2) is 0 Å². The van der Waals surface area contributed by atoms with E-state index >= 15 is 0 Å². The Kier molecular flexibility index (Phi) is 2.61. The van der Waals surface area contributed by atoms with Gasteiger partial charge in [-0.3, -0.25) is 0 Å². The van der Waals surface area contributed by atoms with E-state index in [0.29, 0.717) is 0 Å². The molecule has 2 aliphatic rings. The second-order valence-corrected chi connectivity index (χ2v) is 4.66. The Morgan fingerprint density at radius 1 is 1.15 bits per heavy atom. The van der Waals surface area contributed by atoms with Crippen LogP contribution < -0.4 is 0 Å². The van der Waals surface area contributed by atoms with Crippen molar-refractivity contribution in [1.82, 2.24) is 0 Å². The maximum absolute atomic E-state index is 5.98. The lowest BCUT2D eigenvalue weighted by atomic mass is 9.75. The van der Waals surface area contributed by atoms with Gasteiger partial charge in [-0.2, -0.15) is 0 Å². The van der Waals surface area contributed by atoms with Crippen LogP contribution in [0.1, 0.15) is 33.1 Å². The van der Waals surface area contributed by atoms with Crippen molar-refractivity contribution < 1.29 is 9.47 Å². The molecule has 0 aliphatic carbocycles. The second kappa shape index (κ2) is 3.58. The first-order chi connectivity index (χ1) is 6.25. The molecule has 2 heteroatoms. The molecule has 1 unspecified atom stereocenters. The van der Waals surface area contributed by atoms with Crippen molar-refractivity contribution in [3.8, 4) is 0 Å². The Bertz CT molecular complexity index is 171. The number of rotatable bonds is 1. The zero-order valence-corrected chi connectivity index (χ0v) is 8.71. The fraction of sp³-hybridized carbons (Fsp3) is 1.00. The lowest BCUT2D eigenvalue weighted by molar-refractivity contribution is -0.104. The molecule has 2 saturated heterocycles. The third kappa shape index (κ3) is 1.62. The molecule has 0 aromatic heterocycles. The van der Waals surface area contributed by atoms with Crippen molar-refractivity contribution in [2.24, 2.45) is 11.8 Å². The maximum Gasteiger partial charge on any atom is 0.0757 e. The fourth-order valence-electron chi connectivity index (χ4n) is 2.93. The molecule has 13 heavy (non-hydrogen) atoms. The molecule has 2 rings (SSSR count). The number of hydrogen-bond acceptors (Lipinski definition) is 2. The summed E-state index contributed by atoms with van der Waals surface area (Å²) in [5.41, 5.74) is 0.187. The van der Waals surface area contributed by atoms with Gasteiger partial charge in [0.15, 0.2) is 0 Å². The van der Waals surface area contributed by atoms with Gasteiger partial charge in [-0.25, -0.2) is 0 Å². The first kappa shape index (κ1) is 9.47. The average Bonchev–Trinajstić information content (AvgIpc) is 2.50. The van der Waals surface area contributed by atoms with Gasteiger partial charge in [0.25, 0.3) is 0 Å². The molecule has 2 fully saturated rings. The molecule has 0 bridgehead atoms. The van der Waals surface area contributed by atoms with Crippen LogP contribution in [0.25, 0.3) is 0 Å². The second-order valence-electron chi connectivity index (χ2n) is 4.66. The van der Waals surface area contributed by atoms with Crippen molar-refractivity contribution in [1.29, 1.82) is 0 Å². The Labute approximate surface area is 80.6 Å². The number of hydrogen-bond donors (Lipinski definition) is 0. The highest BCUT2D eigenvalue weighted by molar-refractivity contribution is 4.95. The molecule has 0 radical (unpaired) electrons. The summed E-state index contributed by atoms with van der Waals surface area (Å²) in [5, 5.41) is 0. The summed E-state index contributed by atoms with van der Waals surface area (Å²) in [4.78, 5) is 0. The van der Waals surface area contributed by atoms with E-state index in [0.717, 1.165) is 44.5 Å². The van der Waals surface area contributed by atoms with Crippen molar-refractivity contribution in [2.45, 2.75) is 38.7 Å². The van der Waals surface area contributed by atoms with Crippen LogP contribution in [0, 0.1) is 11.8 Å². The largest absolute Gasteiger partial charge is 0.381 e. The SMILES string of the molecule is CC(C)C1CCOC12CCOCC2. The van der Waals surface area contributed by atoms with E-state index in [9.17, 15) is 0 Å². The predicted octanol–water partition coefficient (Wildman–Crippen LogP) is 2.23. The van der Waals surface area contributed by atoms with Crippen LogP contribution >= 0.6 is 0 Å². The number of ether oxygens (including phenoxy) is 2. The van der Waals surface area contributed by atoms with Gasteiger partial charge in [0, 0.05) is 32.7 Å². The fourth-order valence-corrected chi connectivity index (χ4v) is 2.93. The predicted molar refractivity (Wildman–Crippen MR) is 51.7 cm³/mol. The van der Waals surface area contributed by atoms with E-state index in [1.54, 1.807) is 0 Å². The highest BCUT2D eigenvalue weighted by Gasteiger charge is 2.46. The lowest BCUT2D eigenvalue weighted by Gasteiger charge is -2.39. The zero-order valence-electron chi connectivity index (χ0n) is 8.71. The lowest BCUT2D eigenvalue weighted by Crippen LogP contribution is -2.43. The highest BCUT2D eigenvalue weighted by Crippen LogP contribution is 2.43. The Balaban J connectivity index is 2.09. The topological polar surface area (TPSA) is 18.5 Å². The molecular weight excluding hydrogens is 164 g/mol. The van der Waals surface area contributed by atoms with Crippen molar-refractivity contribution >= 4 is 0 Å². The van der Waals surface area contributed by atoms with Gasteiger partial charge >= 0.3 is 0 Å². The van der Waals surface area contributed by atoms with E-state index in [4.69, 9.17) is 9.47 Å². The van der Waals surface area contributed by atoms with E-state index in [1.807, 2.05) is 0 Å². The standard InChI is InChI=1S/C11H20O2/c1-9(2)10-3-6-13-11(10)4-7-12-8-5-11/h9-10H,3-8H2,1-2H3. The van der Waals surface area contributed by atoms with Crippen molar-refractivity contribution in [3.05, 3.63) is 0 Å². The summed E-state index contributed by atoms with van der Waals surface area (Å²) in [6.45, 7) is 7.38. The van der Waals surface area contributed by atoms with Gasteiger partial charge in [0.1, 0.15) is 0 Å². The summed E-state index contributed by atoms with van der Waals surface area (Å²) in [6.07, 6.45) is 3.46.